The number of halogens is 1. The van der Waals surface area contributed by atoms with Crippen molar-refractivity contribution in [3.8, 4) is 5.75 Å². The molecule has 1 saturated heterocycles. The average Bonchev–Trinajstić information content (AvgIpc) is 2.92. The van der Waals surface area contributed by atoms with E-state index < -0.39 is 15.7 Å². The monoisotopic (exact) mass is 498 g/mol. The second kappa shape index (κ2) is 8.39. The van der Waals surface area contributed by atoms with E-state index in [2.05, 4.69) is 21.2 Å². The van der Waals surface area contributed by atoms with Gasteiger partial charge in [0.05, 0.1) is 6.61 Å². The molecule has 10 heteroatoms. The van der Waals surface area contributed by atoms with Gasteiger partial charge in [0.2, 0.25) is 0 Å². The minimum atomic E-state index is -3.77. The Hall–Kier alpha value is -2.01. The van der Waals surface area contributed by atoms with Gasteiger partial charge < -0.3 is 14.2 Å². The summed E-state index contributed by atoms with van der Waals surface area (Å²) >= 11 is 8.74. The van der Waals surface area contributed by atoms with E-state index in [0.717, 1.165) is 4.47 Å². The van der Waals surface area contributed by atoms with Crippen molar-refractivity contribution in [2.24, 2.45) is 0 Å². The number of methoxy groups -OCH3 is 1. The van der Waals surface area contributed by atoms with E-state index in [1.165, 1.54) is 24.1 Å². The van der Waals surface area contributed by atoms with E-state index >= 15 is 0 Å². The summed E-state index contributed by atoms with van der Waals surface area (Å²) in [5.74, 6) is -0.343. The number of carbonyl (C=O) groups excluding carboxylic acids is 1. The number of carbonyl (C=O) groups is 1. The van der Waals surface area contributed by atoms with Crippen LogP contribution in [-0.2, 0) is 25.2 Å². The molecule has 1 unspecified atom stereocenters. The molecular weight excluding hydrogens is 480 g/mol. The van der Waals surface area contributed by atoms with Crippen molar-refractivity contribution in [1.82, 2.24) is 10.2 Å². The molecule has 7 nitrogen and oxygen atoms in total. The Morgan fingerprint density at radius 3 is 2.41 bits per heavy atom. The second-order valence-corrected chi connectivity index (χ2v) is 9.41. The zero-order valence-corrected chi connectivity index (χ0v) is 18.9. The standard InChI is InChI=1S/C19H19BrN2O5S2/c1-22-17(23)19(21-18(22)28,14-4-3-5-15(20)12-14)13-6-8-16(9-7-13)27-29(24,25)11-10-26-2/h3-9,12H,10-11H2,1-2H3,(H,21,28). The SMILES string of the molecule is COCCS(=O)(=O)Oc1ccc(C2(c3cccc(Br)c3)NC(=S)N(C)C2=O)cc1. The maximum Gasteiger partial charge on any atom is 0.311 e. The van der Waals surface area contributed by atoms with Gasteiger partial charge in [0.25, 0.3) is 5.91 Å². The number of hydrogen-bond acceptors (Lipinski definition) is 6. The molecule has 0 aromatic heterocycles. The summed E-state index contributed by atoms with van der Waals surface area (Å²) < 4.78 is 34.6. The lowest BCUT2D eigenvalue weighted by molar-refractivity contribution is -0.129. The van der Waals surface area contributed by atoms with Crippen LogP contribution in [0, 0.1) is 0 Å². The predicted molar refractivity (Wildman–Crippen MR) is 116 cm³/mol. The maximum atomic E-state index is 13.2. The molecule has 1 N–H and O–H groups in total. The van der Waals surface area contributed by atoms with Crippen LogP contribution in [-0.4, -0.2) is 50.9 Å². The molecule has 1 aliphatic heterocycles. The van der Waals surface area contributed by atoms with Crippen molar-refractivity contribution < 1.29 is 22.1 Å². The smallest absolute Gasteiger partial charge is 0.311 e. The lowest BCUT2D eigenvalue weighted by Crippen LogP contribution is -2.44. The summed E-state index contributed by atoms with van der Waals surface area (Å²) in [5, 5.41) is 3.44. The average molecular weight is 499 g/mol. The first kappa shape index (κ1) is 21.7. The fraction of sp³-hybridized carbons (Fsp3) is 0.263. The van der Waals surface area contributed by atoms with Gasteiger partial charge in [0, 0.05) is 18.6 Å². The Labute approximate surface area is 183 Å². The van der Waals surface area contributed by atoms with Crippen molar-refractivity contribution in [2.75, 3.05) is 26.5 Å². The molecule has 0 spiro atoms. The third-order valence-electron chi connectivity index (χ3n) is 4.53. The Kier molecular flexibility index (Phi) is 6.27. The summed E-state index contributed by atoms with van der Waals surface area (Å²) in [4.78, 5) is 14.6. The summed E-state index contributed by atoms with van der Waals surface area (Å²) in [7, 11) is -0.749. The van der Waals surface area contributed by atoms with Crippen molar-refractivity contribution in [2.45, 2.75) is 5.54 Å². The minimum absolute atomic E-state index is 0.0363. The molecule has 1 aliphatic rings. The number of benzene rings is 2. The van der Waals surface area contributed by atoms with E-state index in [1.54, 1.807) is 19.2 Å². The molecule has 1 fully saturated rings. The second-order valence-electron chi connectivity index (χ2n) is 6.42. The molecule has 29 heavy (non-hydrogen) atoms. The van der Waals surface area contributed by atoms with Crippen LogP contribution in [0.15, 0.2) is 53.0 Å². The van der Waals surface area contributed by atoms with Crippen molar-refractivity contribution in [3.63, 3.8) is 0 Å². The highest BCUT2D eigenvalue weighted by Crippen LogP contribution is 2.37. The fourth-order valence-electron chi connectivity index (χ4n) is 3.06. The number of likely N-dealkylation sites (N-methyl/N-ethyl adjacent to an activating group) is 1. The largest absolute Gasteiger partial charge is 0.383 e. The first-order valence-corrected chi connectivity index (χ1v) is 11.4. The highest BCUT2D eigenvalue weighted by molar-refractivity contribution is 9.10. The van der Waals surface area contributed by atoms with E-state index in [9.17, 15) is 13.2 Å². The van der Waals surface area contributed by atoms with Crippen molar-refractivity contribution in [3.05, 3.63) is 64.1 Å². The molecule has 1 amide bonds. The third-order valence-corrected chi connectivity index (χ3v) is 6.51. The van der Waals surface area contributed by atoms with Gasteiger partial charge in [-0.3, -0.25) is 9.69 Å². The molecule has 2 aromatic carbocycles. The molecule has 1 heterocycles. The van der Waals surface area contributed by atoms with Crippen LogP contribution < -0.4 is 9.50 Å². The molecule has 0 aliphatic carbocycles. The molecule has 3 rings (SSSR count). The third kappa shape index (κ3) is 4.30. The Balaban J connectivity index is 2.00. The predicted octanol–water partition coefficient (Wildman–Crippen LogP) is 2.39. The molecule has 154 valence electrons. The number of nitrogens with zero attached hydrogens (tertiary/aromatic N) is 1. The number of ether oxygens (including phenoxy) is 1. The van der Waals surface area contributed by atoms with E-state index in [4.69, 9.17) is 21.1 Å². The normalized spacial score (nSPS) is 19.3. The van der Waals surface area contributed by atoms with Gasteiger partial charge in [-0.15, -0.1) is 0 Å². The summed E-state index contributed by atoms with van der Waals surface area (Å²) in [5.41, 5.74) is 0.0854. The number of nitrogens with one attached hydrogen (secondary N) is 1. The minimum Gasteiger partial charge on any atom is -0.383 e. The van der Waals surface area contributed by atoms with Crippen LogP contribution in [0.4, 0.5) is 0 Å². The van der Waals surface area contributed by atoms with Crippen molar-refractivity contribution >= 4 is 49.3 Å². The van der Waals surface area contributed by atoms with Crippen LogP contribution in [0.5, 0.6) is 5.75 Å². The van der Waals surface area contributed by atoms with Gasteiger partial charge in [0.1, 0.15) is 11.5 Å². The zero-order valence-electron chi connectivity index (χ0n) is 15.7. The van der Waals surface area contributed by atoms with Gasteiger partial charge in [0.15, 0.2) is 10.7 Å². The van der Waals surface area contributed by atoms with E-state index in [0.29, 0.717) is 16.2 Å². The Bertz CT molecular complexity index is 1040. The lowest BCUT2D eigenvalue weighted by atomic mass is 9.82. The van der Waals surface area contributed by atoms with Gasteiger partial charge >= 0.3 is 10.1 Å². The molecule has 0 radical (unpaired) electrons. The zero-order chi connectivity index (χ0) is 21.2. The number of thiocarbonyl (C=S) groups is 1. The van der Waals surface area contributed by atoms with Crippen LogP contribution in [0.1, 0.15) is 11.1 Å². The fourth-order valence-corrected chi connectivity index (χ4v) is 4.55. The first-order valence-electron chi connectivity index (χ1n) is 8.57. The Morgan fingerprint density at radius 2 is 1.86 bits per heavy atom. The summed E-state index contributed by atoms with van der Waals surface area (Å²) in [6.45, 7) is 0.0363. The molecule has 0 saturated carbocycles. The van der Waals surface area contributed by atoms with Gasteiger partial charge in [-0.2, -0.15) is 8.42 Å². The summed E-state index contributed by atoms with van der Waals surface area (Å²) in [6, 6.07) is 13.7. The topological polar surface area (TPSA) is 84.9 Å². The Morgan fingerprint density at radius 1 is 1.17 bits per heavy atom. The molecular formula is C19H19BrN2O5S2. The van der Waals surface area contributed by atoms with E-state index in [-0.39, 0.29) is 24.0 Å². The van der Waals surface area contributed by atoms with Crippen molar-refractivity contribution in [1.29, 1.82) is 0 Å². The number of hydrogen-bond donors (Lipinski definition) is 1. The van der Waals surface area contributed by atoms with E-state index in [1.807, 2.05) is 24.3 Å². The van der Waals surface area contributed by atoms with Crippen LogP contribution in [0.2, 0.25) is 0 Å². The molecule has 1 atom stereocenters. The van der Waals surface area contributed by atoms with Crippen LogP contribution in [0.3, 0.4) is 0 Å². The highest BCUT2D eigenvalue weighted by Gasteiger charge is 2.50. The van der Waals surface area contributed by atoms with Gasteiger partial charge in [-0.25, -0.2) is 0 Å². The number of rotatable bonds is 7. The first-order chi connectivity index (χ1) is 13.7. The van der Waals surface area contributed by atoms with Crippen LogP contribution >= 0.6 is 28.1 Å². The number of amides is 1. The lowest BCUT2D eigenvalue weighted by Gasteiger charge is -2.28. The van der Waals surface area contributed by atoms with Crippen LogP contribution in [0.25, 0.3) is 0 Å². The van der Waals surface area contributed by atoms with Gasteiger partial charge in [-0.1, -0.05) is 40.2 Å². The summed E-state index contributed by atoms with van der Waals surface area (Å²) in [6.07, 6.45) is 0. The quantitative estimate of drug-likeness (QED) is 0.463. The van der Waals surface area contributed by atoms with Gasteiger partial charge in [-0.05, 0) is 47.6 Å². The molecule has 0 bridgehead atoms. The maximum absolute atomic E-state index is 13.2. The highest BCUT2D eigenvalue weighted by atomic mass is 79.9. The molecule has 2 aromatic rings.